The summed E-state index contributed by atoms with van der Waals surface area (Å²) in [7, 11) is 1.66. The predicted molar refractivity (Wildman–Crippen MR) is 116 cm³/mol. The van der Waals surface area contributed by atoms with E-state index in [1.807, 2.05) is 24.3 Å². The van der Waals surface area contributed by atoms with Gasteiger partial charge in [-0.15, -0.1) is 0 Å². The lowest BCUT2D eigenvalue weighted by Crippen LogP contribution is -2.30. The van der Waals surface area contributed by atoms with E-state index in [9.17, 15) is 9.59 Å². The lowest BCUT2D eigenvalue weighted by Gasteiger charge is -2.10. The molecule has 1 aliphatic rings. The minimum Gasteiger partial charge on any atom is -0.325 e. The number of amidine groups is 1. The van der Waals surface area contributed by atoms with Gasteiger partial charge in [0.15, 0.2) is 5.17 Å². The quantitative estimate of drug-likeness (QED) is 0.659. The number of rotatable bonds is 4. The van der Waals surface area contributed by atoms with Gasteiger partial charge in [0.1, 0.15) is 5.25 Å². The fourth-order valence-corrected chi connectivity index (χ4v) is 4.93. The summed E-state index contributed by atoms with van der Waals surface area (Å²) in [5.74, 6) is -0.423. The maximum Gasteiger partial charge on any atom is 0.242 e. The van der Waals surface area contributed by atoms with E-state index in [1.54, 1.807) is 31.3 Å². The van der Waals surface area contributed by atoms with Crippen molar-refractivity contribution in [2.45, 2.75) is 11.7 Å². The summed E-state index contributed by atoms with van der Waals surface area (Å²) in [5, 5.41) is 3.81. The fourth-order valence-electron chi connectivity index (χ4n) is 2.72. The first kappa shape index (κ1) is 18.9. The summed E-state index contributed by atoms with van der Waals surface area (Å²) >= 11 is 8.80. The van der Waals surface area contributed by atoms with E-state index in [0.717, 1.165) is 10.2 Å². The molecule has 1 atom stereocenters. The summed E-state index contributed by atoms with van der Waals surface area (Å²) in [6, 6.07) is 14.8. The van der Waals surface area contributed by atoms with Crippen LogP contribution in [0.5, 0.6) is 0 Å². The van der Waals surface area contributed by atoms with E-state index in [-0.39, 0.29) is 18.2 Å². The number of carbonyl (C=O) groups excluding carboxylic acids is 2. The van der Waals surface area contributed by atoms with Crippen LogP contribution >= 0.6 is 34.7 Å². The first-order valence-corrected chi connectivity index (χ1v) is 10.5. The first-order chi connectivity index (χ1) is 13.5. The number of fused-ring (bicyclic) bond motifs is 1. The molecule has 0 radical (unpaired) electrons. The van der Waals surface area contributed by atoms with Crippen LogP contribution in [0.1, 0.15) is 6.42 Å². The number of amides is 2. The van der Waals surface area contributed by atoms with E-state index in [0.29, 0.717) is 21.0 Å². The summed E-state index contributed by atoms with van der Waals surface area (Å²) in [5.41, 5.74) is 1.40. The number of aromatic nitrogens is 1. The van der Waals surface area contributed by atoms with Crippen molar-refractivity contribution in [1.29, 1.82) is 0 Å². The molecule has 2 amide bonds. The average Bonchev–Trinajstić information content (AvgIpc) is 3.20. The van der Waals surface area contributed by atoms with Crippen molar-refractivity contribution in [3.63, 3.8) is 0 Å². The Bertz CT molecular complexity index is 1070. The van der Waals surface area contributed by atoms with Gasteiger partial charge in [-0.05, 0) is 24.3 Å². The molecule has 1 aromatic heterocycles. The molecule has 1 fully saturated rings. The van der Waals surface area contributed by atoms with Crippen LogP contribution in [0, 0.1) is 0 Å². The maximum atomic E-state index is 12.5. The minimum absolute atomic E-state index is 0.0396. The van der Waals surface area contributed by atoms with Crippen molar-refractivity contribution >= 4 is 72.7 Å². The van der Waals surface area contributed by atoms with Crippen LogP contribution in [0.25, 0.3) is 10.2 Å². The Morgan fingerprint density at radius 3 is 2.79 bits per heavy atom. The topological polar surface area (TPSA) is 74.7 Å². The van der Waals surface area contributed by atoms with Crippen molar-refractivity contribution < 1.29 is 9.59 Å². The molecule has 0 bridgehead atoms. The van der Waals surface area contributed by atoms with Gasteiger partial charge in [-0.25, -0.2) is 4.98 Å². The number of carbonyl (C=O) groups is 2. The number of nitrogens with one attached hydrogen (secondary N) is 1. The molecule has 2 aromatic carbocycles. The van der Waals surface area contributed by atoms with Crippen molar-refractivity contribution in [3.05, 3.63) is 53.6 Å². The standard InChI is InChI=1S/C19H15ClN4O2S2/c1-24-17(26)15(10-16(25)21-12-7-3-2-6-11(12)20)28-19(24)23-18-22-13-8-4-5-9-14(13)27-18/h2-9,15H,10H2,1H3,(H,21,25)/t15-/m1/s1. The van der Waals surface area contributed by atoms with Crippen LogP contribution in [0.4, 0.5) is 10.8 Å². The second kappa shape index (κ2) is 7.90. The zero-order valence-corrected chi connectivity index (χ0v) is 17.1. The number of anilines is 1. The summed E-state index contributed by atoms with van der Waals surface area (Å²) in [6.07, 6.45) is 0.0396. The van der Waals surface area contributed by atoms with E-state index in [4.69, 9.17) is 11.6 Å². The SMILES string of the molecule is CN1C(=O)[C@@H](CC(=O)Nc2ccccc2Cl)SC1=Nc1nc2ccccc2s1. The van der Waals surface area contributed by atoms with Gasteiger partial charge in [0, 0.05) is 13.5 Å². The Kier molecular flexibility index (Phi) is 5.34. The zero-order chi connectivity index (χ0) is 19.7. The van der Waals surface area contributed by atoms with Crippen LogP contribution in [0.15, 0.2) is 53.5 Å². The molecule has 0 spiro atoms. The molecule has 0 saturated carbocycles. The van der Waals surface area contributed by atoms with Crippen molar-refractivity contribution in [3.8, 4) is 0 Å². The number of hydrogen-bond acceptors (Lipinski definition) is 6. The molecule has 1 saturated heterocycles. The number of aliphatic imine (C=N–C) groups is 1. The lowest BCUT2D eigenvalue weighted by atomic mass is 10.2. The van der Waals surface area contributed by atoms with E-state index < -0.39 is 5.25 Å². The Morgan fingerprint density at radius 1 is 1.25 bits per heavy atom. The van der Waals surface area contributed by atoms with Crippen LogP contribution in [-0.4, -0.2) is 39.2 Å². The average molecular weight is 431 g/mol. The summed E-state index contributed by atoms with van der Waals surface area (Å²) in [4.78, 5) is 35.4. The van der Waals surface area contributed by atoms with E-state index in [2.05, 4.69) is 15.3 Å². The Hall–Kier alpha value is -2.42. The Balaban J connectivity index is 1.47. The van der Waals surface area contributed by atoms with Crippen molar-refractivity contribution in [1.82, 2.24) is 9.88 Å². The zero-order valence-electron chi connectivity index (χ0n) is 14.8. The highest BCUT2D eigenvalue weighted by molar-refractivity contribution is 8.15. The minimum atomic E-state index is -0.527. The molecule has 6 nitrogen and oxygen atoms in total. The Morgan fingerprint density at radius 2 is 2.00 bits per heavy atom. The van der Waals surface area contributed by atoms with Crippen LogP contribution in [-0.2, 0) is 9.59 Å². The third-order valence-corrected chi connectivity index (χ3v) is 6.62. The van der Waals surface area contributed by atoms with Crippen LogP contribution in [0.2, 0.25) is 5.02 Å². The molecule has 142 valence electrons. The largest absolute Gasteiger partial charge is 0.325 e. The molecular formula is C19H15ClN4O2S2. The number of para-hydroxylation sites is 2. The van der Waals surface area contributed by atoms with Gasteiger partial charge in [0.25, 0.3) is 0 Å². The third-order valence-electron chi connectivity index (χ3n) is 4.13. The molecular weight excluding hydrogens is 416 g/mol. The molecule has 1 aliphatic heterocycles. The highest BCUT2D eigenvalue weighted by Gasteiger charge is 2.37. The molecule has 28 heavy (non-hydrogen) atoms. The van der Waals surface area contributed by atoms with Gasteiger partial charge in [-0.1, -0.05) is 59.0 Å². The lowest BCUT2D eigenvalue weighted by molar-refractivity contribution is -0.127. The highest BCUT2D eigenvalue weighted by Crippen LogP contribution is 2.34. The molecule has 9 heteroatoms. The van der Waals surface area contributed by atoms with Crippen LogP contribution < -0.4 is 5.32 Å². The van der Waals surface area contributed by atoms with Crippen molar-refractivity contribution in [2.75, 3.05) is 12.4 Å². The number of hydrogen-bond donors (Lipinski definition) is 1. The Labute approximate surface area is 174 Å². The number of thiazole rings is 1. The maximum absolute atomic E-state index is 12.5. The van der Waals surface area contributed by atoms with Gasteiger partial charge in [0.05, 0.1) is 20.9 Å². The van der Waals surface area contributed by atoms with Gasteiger partial charge < -0.3 is 5.32 Å². The molecule has 0 aliphatic carbocycles. The van der Waals surface area contributed by atoms with Crippen LogP contribution in [0.3, 0.4) is 0 Å². The third kappa shape index (κ3) is 3.89. The number of nitrogens with zero attached hydrogens (tertiary/aromatic N) is 3. The second-order valence-electron chi connectivity index (χ2n) is 6.09. The number of benzene rings is 2. The van der Waals surface area contributed by atoms with Gasteiger partial charge >= 0.3 is 0 Å². The molecule has 0 unspecified atom stereocenters. The smallest absolute Gasteiger partial charge is 0.242 e. The van der Waals surface area contributed by atoms with Gasteiger partial charge in [-0.2, -0.15) is 4.99 Å². The summed E-state index contributed by atoms with van der Waals surface area (Å²) in [6.45, 7) is 0. The molecule has 1 N–H and O–H groups in total. The normalized spacial score (nSPS) is 18.2. The van der Waals surface area contributed by atoms with E-state index in [1.165, 1.54) is 28.0 Å². The fraction of sp³-hybridized carbons (Fsp3) is 0.158. The van der Waals surface area contributed by atoms with Crippen molar-refractivity contribution in [2.24, 2.45) is 4.99 Å². The van der Waals surface area contributed by atoms with E-state index >= 15 is 0 Å². The summed E-state index contributed by atoms with van der Waals surface area (Å²) < 4.78 is 1.04. The molecule has 3 aromatic rings. The van der Waals surface area contributed by atoms with Gasteiger partial charge in [-0.3, -0.25) is 14.5 Å². The second-order valence-corrected chi connectivity index (χ2v) is 8.68. The number of halogens is 1. The van der Waals surface area contributed by atoms with Gasteiger partial charge in [0.2, 0.25) is 16.9 Å². The molecule has 4 rings (SSSR count). The monoisotopic (exact) mass is 430 g/mol. The highest BCUT2D eigenvalue weighted by atomic mass is 35.5. The predicted octanol–water partition coefficient (Wildman–Crippen LogP) is 4.54. The molecule has 2 heterocycles. The first-order valence-electron chi connectivity index (χ1n) is 8.44. The number of thioether (sulfide) groups is 1.